The number of rotatable bonds is 3. The molecule has 0 unspecified atom stereocenters. The zero-order chi connectivity index (χ0) is 31.1. The maximum absolute atomic E-state index is 13.5. The summed E-state index contributed by atoms with van der Waals surface area (Å²) in [4.78, 5) is 38.3. The number of aromatic nitrogens is 4. The molecule has 1 atom stereocenters. The number of carbonyl (C=O) groups excluding carboxylic acids is 2. The highest BCUT2D eigenvalue weighted by molar-refractivity contribution is 6.00. The van der Waals surface area contributed by atoms with E-state index in [1.165, 1.54) is 0 Å². The van der Waals surface area contributed by atoms with Crippen molar-refractivity contribution in [1.29, 1.82) is 0 Å². The SMILES string of the molecule is COc1cc(C(=O)N2CCC[C@@H](N)C2)cc2nc(-c3cc4ccc5nc4n3CCCCCCC(=O)Nc3ccccc3-5)n(C)c12. The summed E-state index contributed by atoms with van der Waals surface area (Å²) in [7, 11) is 3.62. The summed E-state index contributed by atoms with van der Waals surface area (Å²) in [5.41, 5.74) is 12.5. The normalized spacial score (nSPS) is 17.7. The molecular formula is C35H39N7O3. The molecule has 232 valence electrons. The van der Waals surface area contributed by atoms with Gasteiger partial charge in [0, 0.05) is 55.7 Å². The van der Waals surface area contributed by atoms with Crippen LogP contribution in [0.15, 0.2) is 54.6 Å². The van der Waals surface area contributed by atoms with Crippen LogP contribution < -0.4 is 15.8 Å². The molecule has 0 radical (unpaired) electrons. The highest BCUT2D eigenvalue weighted by Gasteiger charge is 2.26. The largest absolute Gasteiger partial charge is 0.494 e. The number of ether oxygens (including phenoxy) is 1. The Hall–Kier alpha value is -4.70. The van der Waals surface area contributed by atoms with E-state index in [4.69, 9.17) is 20.4 Å². The van der Waals surface area contributed by atoms with Gasteiger partial charge in [-0.3, -0.25) is 9.59 Å². The summed E-state index contributed by atoms with van der Waals surface area (Å²) in [6.07, 6.45) is 6.11. The van der Waals surface area contributed by atoms with Crippen LogP contribution in [0, 0.1) is 0 Å². The van der Waals surface area contributed by atoms with E-state index in [1.54, 1.807) is 7.11 Å². The number of carbonyl (C=O) groups is 2. The molecule has 7 rings (SSSR count). The number of hydrogen-bond donors (Lipinski definition) is 2. The lowest BCUT2D eigenvalue weighted by Gasteiger charge is -2.30. The third kappa shape index (κ3) is 5.44. The zero-order valence-corrected chi connectivity index (χ0v) is 25.9. The number of hydrogen-bond acceptors (Lipinski definition) is 6. The van der Waals surface area contributed by atoms with Crippen molar-refractivity contribution in [1.82, 2.24) is 24.0 Å². The molecule has 1 saturated heterocycles. The zero-order valence-electron chi connectivity index (χ0n) is 25.9. The number of fused-ring (bicyclic) bond motifs is 4. The van der Waals surface area contributed by atoms with Crippen molar-refractivity contribution in [3.05, 3.63) is 60.2 Å². The van der Waals surface area contributed by atoms with Gasteiger partial charge in [0.1, 0.15) is 16.9 Å². The van der Waals surface area contributed by atoms with Gasteiger partial charge in [0.15, 0.2) is 5.82 Å². The molecule has 10 heteroatoms. The number of anilines is 1. The Kier molecular flexibility index (Phi) is 7.75. The molecule has 1 fully saturated rings. The fraction of sp³-hybridized carbons (Fsp3) is 0.371. The molecule has 0 spiro atoms. The van der Waals surface area contributed by atoms with Crippen LogP contribution in [-0.2, 0) is 18.4 Å². The van der Waals surface area contributed by atoms with Gasteiger partial charge in [-0.05, 0) is 62.1 Å². The van der Waals surface area contributed by atoms with Crippen molar-refractivity contribution in [3.63, 3.8) is 0 Å². The maximum Gasteiger partial charge on any atom is 0.254 e. The number of piperidine rings is 1. The molecule has 0 saturated carbocycles. The molecule has 5 aromatic rings. The summed E-state index contributed by atoms with van der Waals surface area (Å²) >= 11 is 0. The number of nitrogens with one attached hydrogen (secondary N) is 1. The number of methoxy groups -OCH3 is 1. The van der Waals surface area contributed by atoms with Gasteiger partial charge in [-0.2, -0.15) is 0 Å². The number of para-hydroxylation sites is 1. The van der Waals surface area contributed by atoms with Crippen LogP contribution in [0.25, 0.3) is 44.8 Å². The van der Waals surface area contributed by atoms with Crippen LogP contribution in [0.5, 0.6) is 5.75 Å². The average Bonchev–Trinajstić information content (AvgIpc) is 3.58. The molecule has 2 aliphatic heterocycles. The number of nitrogens with zero attached hydrogens (tertiary/aromatic N) is 5. The first-order valence-corrected chi connectivity index (χ1v) is 15.9. The first-order valence-electron chi connectivity index (χ1n) is 15.9. The molecule has 0 aliphatic carbocycles. The van der Waals surface area contributed by atoms with Crippen LogP contribution in [0.1, 0.15) is 55.3 Å². The Balaban J connectivity index is 1.35. The number of imidazole rings is 1. The molecule has 5 heterocycles. The molecule has 2 bridgehead atoms. The number of nitrogens with two attached hydrogens (primary N) is 1. The fourth-order valence-corrected chi connectivity index (χ4v) is 6.82. The summed E-state index contributed by atoms with van der Waals surface area (Å²) in [5.74, 6) is 1.37. The van der Waals surface area contributed by atoms with Crippen LogP contribution in [0.4, 0.5) is 5.69 Å². The van der Waals surface area contributed by atoms with Gasteiger partial charge in [0.05, 0.1) is 29.7 Å². The highest BCUT2D eigenvalue weighted by atomic mass is 16.5. The van der Waals surface area contributed by atoms with Gasteiger partial charge in [0.2, 0.25) is 5.91 Å². The van der Waals surface area contributed by atoms with Crippen LogP contribution in [-0.4, -0.2) is 62.1 Å². The number of pyridine rings is 1. The molecule has 2 amide bonds. The van der Waals surface area contributed by atoms with Crippen molar-refractivity contribution in [3.8, 4) is 28.5 Å². The lowest BCUT2D eigenvalue weighted by Crippen LogP contribution is -2.45. The quantitative estimate of drug-likeness (QED) is 0.271. The first kappa shape index (κ1) is 29.0. The van der Waals surface area contributed by atoms with Crippen LogP contribution in [0.2, 0.25) is 0 Å². The van der Waals surface area contributed by atoms with Gasteiger partial charge < -0.3 is 29.8 Å². The third-order valence-electron chi connectivity index (χ3n) is 9.13. The monoisotopic (exact) mass is 605 g/mol. The van der Waals surface area contributed by atoms with E-state index in [2.05, 4.69) is 22.0 Å². The minimum Gasteiger partial charge on any atom is -0.494 e. The lowest BCUT2D eigenvalue weighted by molar-refractivity contribution is -0.116. The van der Waals surface area contributed by atoms with Crippen molar-refractivity contribution >= 4 is 39.6 Å². The minimum atomic E-state index is -0.0481. The Morgan fingerprint density at radius 1 is 1.00 bits per heavy atom. The number of aryl methyl sites for hydroxylation is 2. The van der Waals surface area contributed by atoms with E-state index < -0.39 is 0 Å². The van der Waals surface area contributed by atoms with Crippen molar-refractivity contribution in [2.75, 3.05) is 25.5 Å². The summed E-state index contributed by atoms with van der Waals surface area (Å²) < 4.78 is 10.1. The smallest absolute Gasteiger partial charge is 0.254 e. The third-order valence-corrected chi connectivity index (χ3v) is 9.13. The number of amides is 2. The topological polar surface area (TPSA) is 120 Å². The maximum atomic E-state index is 13.5. The second kappa shape index (κ2) is 12.0. The van der Waals surface area contributed by atoms with Crippen molar-refractivity contribution < 1.29 is 14.3 Å². The van der Waals surface area contributed by atoms with Crippen molar-refractivity contribution in [2.24, 2.45) is 12.8 Å². The van der Waals surface area contributed by atoms with Gasteiger partial charge >= 0.3 is 0 Å². The summed E-state index contributed by atoms with van der Waals surface area (Å²) in [5, 5.41) is 4.12. The fourth-order valence-electron chi connectivity index (χ4n) is 6.82. The van der Waals surface area contributed by atoms with Crippen LogP contribution in [0.3, 0.4) is 0 Å². The van der Waals surface area contributed by atoms with Gasteiger partial charge in [-0.15, -0.1) is 0 Å². The molecule has 2 aromatic carbocycles. The van der Waals surface area contributed by atoms with Gasteiger partial charge in [-0.25, -0.2) is 9.97 Å². The average molecular weight is 606 g/mol. The standard InChI is InChI=1S/C35H39N7O3/c1-40-32-28(18-23(20-30(32)45-2)35(44)41-16-9-10-24(36)21-41)39-34(40)29-19-22-14-15-27-25-11-6-7-12-26(25)37-31(43)13-5-3-4-8-17-42(29)33(22)38-27/h6-7,11-12,14-15,18-20,24H,3-5,8-10,13,16-17,21,36H2,1-2H3,(H,37,43)/t24-/m1/s1. The predicted molar refractivity (Wildman–Crippen MR) is 176 cm³/mol. The second-order valence-corrected chi connectivity index (χ2v) is 12.2. The van der Waals surface area contributed by atoms with E-state index in [-0.39, 0.29) is 17.9 Å². The predicted octanol–water partition coefficient (Wildman–Crippen LogP) is 5.73. The minimum absolute atomic E-state index is 0.000826. The Bertz CT molecular complexity index is 1920. The highest BCUT2D eigenvalue weighted by Crippen LogP contribution is 2.36. The van der Waals surface area contributed by atoms with Gasteiger partial charge in [-0.1, -0.05) is 31.0 Å². The van der Waals surface area contributed by atoms with E-state index in [9.17, 15) is 9.59 Å². The Morgan fingerprint density at radius 3 is 2.69 bits per heavy atom. The molecule has 3 N–H and O–H groups in total. The Labute approximate surface area is 262 Å². The molecular weight excluding hydrogens is 566 g/mol. The first-order chi connectivity index (χ1) is 21.9. The van der Waals surface area contributed by atoms with Crippen molar-refractivity contribution in [2.45, 2.75) is 57.5 Å². The number of likely N-dealkylation sites (tertiary alicyclic amines) is 1. The van der Waals surface area contributed by atoms with E-state index in [0.717, 1.165) is 90.1 Å². The van der Waals surface area contributed by atoms with E-state index >= 15 is 0 Å². The molecule has 3 aromatic heterocycles. The number of benzene rings is 2. The van der Waals surface area contributed by atoms with E-state index in [1.807, 2.05) is 59.0 Å². The lowest BCUT2D eigenvalue weighted by atomic mass is 10.0. The summed E-state index contributed by atoms with van der Waals surface area (Å²) in [6.45, 7) is 2.02. The second-order valence-electron chi connectivity index (χ2n) is 12.2. The molecule has 2 aliphatic rings. The van der Waals surface area contributed by atoms with Gasteiger partial charge in [0.25, 0.3) is 5.91 Å². The molecule has 45 heavy (non-hydrogen) atoms. The summed E-state index contributed by atoms with van der Waals surface area (Å²) in [6, 6.07) is 17.8. The van der Waals surface area contributed by atoms with Crippen LogP contribution >= 0.6 is 0 Å². The van der Waals surface area contributed by atoms with E-state index in [0.29, 0.717) is 36.3 Å². The molecule has 10 nitrogen and oxygen atoms in total. The Morgan fingerprint density at radius 2 is 1.84 bits per heavy atom.